The van der Waals surface area contributed by atoms with Crippen molar-refractivity contribution in [2.45, 2.75) is 18.8 Å². The summed E-state index contributed by atoms with van der Waals surface area (Å²) in [5.74, 6) is 0.221. The molecule has 4 rings (SSSR count). The number of carbonyl (C=O) groups excluding carboxylic acids is 1. The molecule has 0 spiro atoms. The highest BCUT2D eigenvalue weighted by atomic mass is 35.5. The van der Waals surface area contributed by atoms with Gasteiger partial charge in [-0.1, -0.05) is 40.9 Å². The van der Waals surface area contributed by atoms with Gasteiger partial charge in [-0.15, -0.1) is 11.3 Å². The predicted octanol–water partition coefficient (Wildman–Crippen LogP) is 6.25. The summed E-state index contributed by atoms with van der Waals surface area (Å²) >= 11 is 21.0. The zero-order valence-corrected chi connectivity index (χ0v) is 17.9. The summed E-state index contributed by atoms with van der Waals surface area (Å²) in [7, 11) is 0. The number of hydrogen-bond acceptors (Lipinski definition) is 5. The SMILES string of the molecule is O=C(c1cccc(Cl)c1)N1CCCC(c2nc(-c3snc(Cl)c3Cl)cs2)C1. The molecule has 3 aromatic rings. The Kier molecular flexibility index (Phi) is 5.71. The Morgan fingerprint density at radius 3 is 2.85 bits per heavy atom. The fraction of sp³-hybridized carbons (Fsp3) is 0.278. The second-order valence-corrected chi connectivity index (χ2v) is 9.12. The van der Waals surface area contributed by atoms with Crippen LogP contribution >= 0.6 is 57.7 Å². The van der Waals surface area contributed by atoms with Crippen molar-refractivity contribution in [3.05, 3.63) is 55.4 Å². The number of thiazole rings is 1. The van der Waals surface area contributed by atoms with Crippen LogP contribution in [0.25, 0.3) is 10.6 Å². The zero-order chi connectivity index (χ0) is 19.0. The molecule has 2 aromatic heterocycles. The summed E-state index contributed by atoms with van der Waals surface area (Å²) in [6, 6.07) is 7.08. The summed E-state index contributed by atoms with van der Waals surface area (Å²) in [6.45, 7) is 1.39. The lowest BCUT2D eigenvalue weighted by Gasteiger charge is -2.32. The van der Waals surface area contributed by atoms with E-state index in [1.54, 1.807) is 35.6 Å². The summed E-state index contributed by atoms with van der Waals surface area (Å²) in [5.41, 5.74) is 1.41. The molecule has 1 unspecified atom stereocenters. The number of rotatable bonds is 3. The topological polar surface area (TPSA) is 46.1 Å². The molecule has 0 bridgehead atoms. The zero-order valence-electron chi connectivity index (χ0n) is 14.0. The molecule has 0 N–H and O–H groups in total. The number of likely N-dealkylation sites (tertiary alicyclic amines) is 1. The van der Waals surface area contributed by atoms with Crippen LogP contribution in [0.3, 0.4) is 0 Å². The van der Waals surface area contributed by atoms with Gasteiger partial charge >= 0.3 is 0 Å². The van der Waals surface area contributed by atoms with E-state index in [1.165, 1.54) is 11.5 Å². The van der Waals surface area contributed by atoms with Gasteiger partial charge in [-0.05, 0) is 42.6 Å². The Hall–Kier alpha value is -1.18. The second kappa shape index (κ2) is 8.05. The number of aromatic nitrogens is 2. The van der Waals surface area contributed by atoms with E-state index in [4.69, 9.17) is 39.8 Å². The number of carbonyl (C=O) groups is 1. The molecule has 3 heterocycles. The third kappa shape index (κ3) is 4.00. The lowest BCUT2D eigenvalue weighted by molar-refractivity contribution is 0.0707. The molecule has 1 aromatic carbocycles. The van der Waals surface area contributed by atoms with Crippen LogP contribution in [0.5, 0.6) is 0 Å². The van der Waals surface area contributed by atoms with Gasteiger partial charge in [0.25, 0.3) is 5.91 Å². The van der Waals surface area contributed by atoms with Crippen molar-refractivity contribution in [3.8, 4) is 10.6 Å². The fourth-order valence-electron chi connectivity index (χ4n) is 3.17. The third-order valence-electron chi connectivity index (χ3n) is 4.48. The van der Waals surface area contributed by atoms with Crippen molar-refractivity contribution in [3.63, 3.8) is 0 Å². The maximum atomic E-state index is 12.8. The van der Waals surface area contributed by atoms with Crippen LogP contribution in [0.1, 0.15) is 34.1 Å². The highest BCUT2D eigenvalue weighted by Gasteiger charge is 2.28. The van der Waals surface area contributed by atoms with E-state index in [0.717, 1.165) is 35.0 Å². The summed E-state index contributed by atoms with van der Waals surface area (Å²) < 4.78 is 4.07. The first kappa shape index (κ1) is 19.2. The molecule has 0 saturated carbocycles. The van der Waals surface area contributed by atoms with Crippen LogP contribution in [0.2, 0.25) is 15.2 Å². The highest BCUT2D eigenvalue weighted by Crippen LogP contribution is 2.39. The molecule has 1 fully saturated rings. The molecule has 1 saturated heterocycles. The molecule has 1 amide bonds. The number of hydrogen-bond donors (Lipinski definition) is 0. The van der Waals surface area contributed by atoms with Crippen LogP contribution in [-0.4, -0.2) is 33.3 Å². The molecule has 140 valence electrons. The van der Waals surface area contributed by atoms with Gasteiger partial charge in [0.15, 0.2) is 5.15 Å². The second-order valence-electron chi connectivity index (χ2n) is 6.29. The maximum Gasteiger partial charge on any atom is 0.253 e. The molecule has 1 aliphatic heterocycles. The summed E-state index contributed by atoms with van der Waals surface area (Å²) in [4.78, 5) is 20.2. The molecule has 4 nitrogen and oxygen atoms in total. The number of nitrogens with zero attached hydrogens (tertiary/aromatic N) is 3. The maximum absolute atomic E-state index is 12.8. The number of halogens is 3. The Morgan fingerprint density at radius 1 is 1.26 bits per heavy atom. The lowest BCUT2D eigenvalue weighted by Crippen LogP contribution is -2.39. The van der Waals surface area contributed by atoms with Crippen LogP contribution < -0.4 is 0 Å². The highest BCUT2D eigenvalue weighted by molar-refractivity contribution is 7.12. The Morgan fingerprint density at radius 2 is 2.11 bits per heavy atom. The minimum atomic E-state index is 0.0104. The Bertz CT molecular complexity index is 988. The van der Waals surface area contributed by atoms with Crippen molar-refractivity contribution in [1.29, 1.82) is 0 Å². The van der Waals surface area contributed by atoms with Crippen molar-refractivity contribution in [2.24, 2.45) is 0 Å². The quantitative estimate of drug-likeness (QED) is 0.466. The van der Waals surface area contributed by atoms with E-state index in [1.807, 2.05) is 10.3 Å². The molecule has 9 heteroatoms. The Labute approximate surface area is 179 Å². The van der Waals surface area contributed by atoms with Crippen LogP contribution in [0, 0.1) is 0 Å². The van der Waals surface area contributed by atoms with Crippen molar-refractivity contribution >= 4 is 63.6 Å². The first-order valence-electron chi connectivity index (χ1n) is 8.34. The number of piperidine rings is 1. The van der Waals surface area contributed by atoms with Crippen molar-refractivity contribution in [2.75, 3.05) is 13.1 Å². The van der Waals surface area contributed by atoms with E-state index in [9.17, 15) is 4.79 Å². The van der Waals surface area contributed by atoms with Crippen LogP contribution in [0.4, 0.5) is 0 Å². The van der Waals surface area contributed by atoms with Gasteiger partial charge in [0.05, 0.1) is 20.6 Å². The largest absolute Gasteiger partial charge is 0.338 e. The minimum Gasteiger partial charge on any atom is -0.338 e. The lowest BCUT2D eigenvalue weighted by atomic mass is 9.98. The molecular formula is C18H14Cl3N3OS2. The first-order valence-corrected chi connectivity index (χ1v) is 11.1. The molecule has 27 heavy (non-hydrogen) atoms. The Balaban J connectivity index is 1.52. The normalized spacial score (nSPS) is 17.3. The number of amides is 1. The first-order chi connectivity index (χ1) is 13.0. The van der Waals surface area contributed by atoms with Gasteiger partial charge in [-0.3, -0.25) is 4.79 Å². The van der Waals surface area contributed by atoms with Gasteiger partial charge < -0.3 is 4.90 Å². The fourth-order valence-corrected chi connectivity index (χ4v) is 5.55. The monoisotopic (exact) mass is 457 g/mol. The van der Waals surface area contributed by atoms with E-state index in [2.05, 4.69) is 4.37 Å². The average molecular weight is 459 g/mol. The predicted molar refractivity (Wildman–Crippen MR) is 113 cm³/mol. The van der Waals surface area contributed by atoms with Gasteiger partial charge in [0.1, 0.15) is 0 Å². The summed E-state index contributed by atoms with van der Waals surface area (Å²) in [6.07, 6.45) is 1.95. The van der Waals surface area contributed by atoms with Gasteiger partial charge in [-0.2, -0.15) is 4.37 Å². The van der Waals surface area contributed by atoms with E-state index in [-0.39, 0.29) is 11.8 Å². The van der Waals surface area contributed by atoms with Crippen molar-refractivity contribution < 1.29 is 4.79 Å². The van der Waals surface area contributed by atoms with E-state index >= 15 is 0 Å². The molecule has 1 atom stereocenters. The van der Waals surface area contributed by atoms with Gasteiger partial charge in [-0.25, -0.2) is 4.98 Å². The number of benzene rings is 1. The minimum absolute atomic E-state index is 0.0104. The van der Waals surface area contributed by atoms with Crippen LogP contribution in [-0.2, 0) is 0 Å². The van der Waals surface area contributed by atoms with Crippen molar-refractivity contribution in [1.82, 2.24) is 14.3 Å². The van der Waals surface area contributed by atoms with Gasteiger partial charge in [0.2, 0.25) is 0 Å². The molecular weight excluding hydrogens is 445 g/mol. The molecule has 0 aliphatic carbocycles. The van der Waals surface area contributed by atoms with Crippen LogP contribution in [0.15, 0.2) is 29.6 Å². The summed E-state index contributed by atoms with van der Waals surface area (Å²) in [5, 5.41) is 4.30. The average Bonchev–Trinajstić information content (AvgIpc) is 3.29. The van der Waals surface area contributed by atoms with E-state index < -0.39 is 0 Å². The molecule has 0 radical (unpaired) electrons. The molecule has 1 aliphatic rings. The van der Waals surface area contributed by atoms with Gasteiger partial charge in [0, 0.05) is 35.0 Å². The standard InChI is InChI=1S/C18H14Cl3N3OS2/c19-12-5-1-3-10(7-12)18(25)24-6-2-4-11(8-24)17-22-13(9-26-17)15-14(20)16(21)23-27-15/h1,3,5,7,9,11H,2,4,6,8H2. The third-order valence-corrected chi connectivity index (χ3v) is 7.54. The smallest absolute Gasteiger partial charge is 0.253 e. The van der Waals surface area contributed by atoms with E-state index in [0.29, 0.717) is 27.3 Å².